The molecule has 1 amide bonds. The minimum atomic E-state index is -3.23. The van der Waals surface area contributed by atoms with Crippen LogP contribution < -0.4 is 11.1 Å². The van der Waals surface area contributed by atoms with Gasteiger partial charge in [-0.2, -0.15) is 0 Å². The molecule has 0 aliphatic carbocycles. The van der Waals surface area contributed by atoms with E-state index in [0.29, 0.717) is 0 Å². The largest absolute Gasteiger partial charge is 0.355 e. The summed E-state index contributed by atoms with van der Waals surface area (Å²) in [6.45, 7) is 1.84. The van der Waals surface area contributed by atoms with Crippen molar-refractivity contribution in [2.75, 3.05) is 26.4 Å². The minimum Gasteiger partial charge on any atom is -0.355 e. The van der Waals surface area contributed by atoms with E-state index in [1.165, 1.54) is 14.1 Å². The van der Waals surface area contributed by atoms with Gasteiger partial charge in [0.2, 0.25) is 15.9 Å². The van der Waals surface area contributed by atoms with Crippen LogP contribution in [0.5, 0.6) is 0 Å². The van der Waals surface area contributed by atoms with Crippen LogP contribution >= 0.6 is 0 Å². The van der Waals surface area contributed by atoms with E-state index < -0.39 is 10.0 Å². The fourth-order valence-corrected chi connectivity index (χ4v) is 1.59. The first-order valence-corrected chi connectivity index (χ1v) is 6.29. The molecule has 0 saturated heterocycles. The third-order valence-corrected chi connectivity index (χ3v) is 3.58. The summed E-state index contributed by atoms with van der Waals surface area (Å²) in [6.07, 6.45) is 0.210. The third kappa shape index (κ3) is 6.43. The molecule has 0 rings (SSSR count). The van der Waals surface area contributed by atoms with Crippen molar-refractivity contribution in [2.24, 2.45) is 5.73 Å². The lowest BCUT2D eigenvalue weighted by atomic mass is 10.2. The van der Waals surface area contributed by atoms with Gasteiger partial charge >= 0.3 is 0 Å². The van der Waals surface area contributed by atoms with E-state index in [4.69, 9.17) is 5.73 Å². The number of amides is 1. The molecular weight excluding hydrogens is 218 g/mol. The highest BCUT2D eigenvalue weighted by molar-refractivity contribution is 7.89. The lowest BCUT2D eigenvalue weighted by Gasteiger charge is -2.12. The van der Waals surface area contributed by atoms with Gasteiger partial charge in [-0.3, -0.25) is 4.79 Å². The Labute approximate surface area is 90.9 Å². The summed E-state index contributed by atoms with van der Waals surface area (Å²) < 4.78 is 23.7. The van der Waals surface area contributed by atoms with E-state index in [9.17, 15) is 13.2 Å². The van der Waals surface area contributed by atoms with Crippen molar-refractivity contribution in [3.05, 3.63) is 0 Å². The van der Waals surface area contributed by atoms with E-state index in [0.717, 1.165) is 4.31 Å². The van der Waals surface area contributed by atoms with E-state index in [1.54, 1.807) is 6.92 Å². The number of carbonyl (C=O) groups is 1. The lowest BCUT2D eigenvalue weighted by molar-refractivity contribution is -0.121. The number of sulfonamides is 1. The fraction of sp³-hybridized carbons (Fsp3) is 0.875. The summed E-state index contributed by atoms with van der Waals surface area (Å²) in [4.78, 5) is 11.1. The Kier molecular flexibility index (Phi) is 5.77. The van der Waals surface area contributed by atoms with Crippen molar-refractivity contribution in [3.63, 3.8) is 0 Å². The normalized spacial score (nSPS) is 13.9. The fourth-order valence-electron chi connectivity index (χ4n) is 0.867. The van der Waals surface area contributed by atoms with Crippen molar-refractivity contribution in [2.45, 2.75) is 19.4 Å². The topological polar surface area (TPSA) is 92.5 Å². The highest BCUT2D eigenvalue weighted by atomic mass is 32.2. The van der Waals surface area contributed by atoms with Crippen LogP contribution in [0, 0.1) is 0 Å². The second kappa shape index (κ2) is 6.04. The molecule has 0 fully saturated rings. The first kappa shape index (κ1) is 14.3. The van der Waals surface area contributed by atoms with Crippen LogP contribution in [0.1, 0.15) is 13.3 Å². The van der Waals surface area contributed by atoms with Gasteiger partial charge < -0.3 is 11.1 Å². The third-order valence-electron chi connectivity index (χ3n) is 1.75. The SMILES string of the molecule is CC(N)CC(=O)NCCS(=O)(=O)N(C)C. The molecule has 0 saturated carbocycles. The average Bonchev–Trinajstić information content (AvgIpc) is 2.01. The highest BCUT2D eigenvalue weighted by Gasteiger charge is 2.13. The minimum absolute atomic E-state index is 0.0926. The second-order valence-corrected chi connectivity index (χ2v) is 5.93. The highest BCUT2D eigenvalue weighted by Crippen LogP contribution is 1.92. The van der Waals surface area contributed by atoms with Crippen LogP contribution in [0.4, 0.5) is 0 Å². The molecule has 0 aromatic heterocycles. The molecule has 6 nitrogen and oxygen atoms in total. The molecule has 0 heterocycles. The zero-order chi connectivity index (χ0) is 12.1. The number of hydrogen-bond donors (Lipinski definition) is 2. The quantitative estimate of drug-likeness (QED) is 0.602. The molecule has 15 heavy (non-hydrogen) atoms. The van der Waals surface area contributed by atoms with Crippen molar-refractivity contribution < 1.29 is 13.2 Å². The molecule has 0 aliphatic heterocycles. The van der Waals surface area contributed by atoms with Crippen molar-refractivity contribution in [3.8, 4) is 0 Å². The lowest BCUT2D eigenvalue weighted by Crippen LogP contribution is -2.35. The predicted molar refractivity (Wildman–Crippen MR) is 58.7 cm³/mol. The smallest absolute Gasteiger partial charge is 0.221 e. The van der Waals surface area contributed by atoms with E-state index in [1.807, 2.05) is 0 Å². The van der Waals surface area contributed by atoms with E-state index >= 15 is 0 Å². The predicted octanol–water partition coefficient (Wildman–Crippen LogP) is -1.27. The monoisotopic (exact) mass is 237 g/mol. The van der Waals surface area contributed by atoms with Gasteiger partial charge in [0.1, 0.15) is 0 Å². The zero-order valence-corrected chi connectivity index (χ0v) is 10.2. The van der Waals surface area contributed by atoms with Crippen LogP contribution in [-0.4, -0.2) is 51.1 Å². The average molecular weight is 237 g/mol. The van der Waals surface area contributed by atoms with Gasteiger partial charge in [-0.15, -0.1) is 0 Å². The number of nitrogens with one attached hydrogen (secondary N) is 1. The van der Waals surface area contributed by atoms with Gasteiger partial charge in [0, 0.05) is 33.1 Å². The Morgan fingerprint density at radius 1 is 1.47 bits per heavy atom. The Bertz CT molecular complexity index is 298. The molecule has 0 aromatic rings. The zero-order valence-electron chi connectivity index (χ0n) is 9.36. The maximum atomic E-state index is 11.3. The van der Waals surface area contributed by atoms with Crippen LogP contribution in [0.15, 0.2) is 0 Å². The maximum absolute atomic E-state index is 11.3. The van der Waals surface area contributed by atoms with E-state index in [-0.39, 0.29) is 30.7 Å². The number of hydrogen-bond acceptors (Lipinski definition) is 4. The molecule has 1 unspecified atom stereocenters. The first-order valence-electron chi connectivity index (χ1n) is 4.68. The summed E-state index contributed by atoms with van der Waals surface area (Å²) in [5.74, 6) is -0.316. The van der Waals surface area contributed by atoms with E-state index in [2.05, 4.69) is 5.32 Å². The molecule has 3 N–H and O–H groups in total. The summed E-state index contributed by atoms with van der Waals surface area (Å²) >= 11 is 0. The molecule has 0 aromatic carbocycles. The summed E-state index contributed by atoms with van der Waals surface area (Å²) in [7, 11) is -0.320. The number of carbonyl (C=O) groups excluding carboxylic acids is 1. The van der Waals surface area contributed by atoms with Crippen molar-refractivity contribution >= 4 is 15.9 Å². The standard InChI is InChI=1S/C8H19N3O3S/c1-7(9)6-8(12)10-4-5-15(13,14)11(2)3/h7H,4-6,9H2,1-3H3,(H,10,12). The molecule has 7 heteroatoms. The van der Waals surface area contributed by atoms with Crippen LogP contribution in [0.2, 0.25) is 0 Å². The van der Waals surface area contributed by atoms with Gasteiger partial charge in [0.25, 0.3) is 0 Å². The summed E-state index contributed by atoms with van der Waals surface area (Å²) in [5, 5.41) is 2.50. The second-order valence-electron chi connectivity index (χ2n) is 3.63. The molecular formula is C8H19N3O3S. The summed E-state index contributed by atoms with van der Waals surface area (Å²) in [5.41, 5.74) is 5.41. The van der Waals surface area contributed by atoms with Gasteiger partial charge in [0.15, 0.2) is 0 Å². The van der Waals surface area contributed by atoms with Crippen molar-refractivity contribution in [1.29, 1.82) is 0 Å². The van der Waals surface area contributed by atoms with Crippen LogP contribution in [0.3, 0.4) is 0 Å². The Hall–Kier alpha value is -0.660. The molecule has 0 spiro atoms. The number of rotatable bonds is 6. The van der Waals surface area contributed by atoms with Crippen LogP contribution in [-0.2, 0) is 14.8 Å². The molecule has 90 valence electrons. The molecule has 0 radical (unpaired) electrons. The van der Waals surface area contributed by atoms with Gasteiger partial charge in [-0.1, -0.05) is 0 Å². The number of nitrogens with zero attached hydrogens (tertiary/aromatic N) is 1. The summed E-state index contributed by atoms with van der Waals surface area (Å²) in [6, 6.07) is -0.213. The van der Waals surface area contributed by atoms with Gasteiger partial charge in [-0.25, -0.2) is 12.7 Å². The van der Waals surface area contributed by atoms with Crippen LogP contribution in [0.25, 0.3) is 0 Å². The Morgan fingerprint density at radius 3 is 2.40 bits per heavy atom. The molecule has 0 bridgehead atoms. The Morgan fingerprint density at radius 2 is 2.00 bits per heavy atom. The molecule has 1 atom stereocenters. The van der Waals surface area contributed by atoms with Gasteiger partial charge in [-0.05, 0) is 6.92 Å². The first-order chi connectivity index (χ1) is 6.75. The Balaban J connectivity index is 3.86. The maximum Gasteiger partial charge on any atom is 0.221 e. The van der Waals surface area contributed by atoms with Crippen molar-refractivity contribution in [1.82, 2.24) is 9.62 Å². The molecule has 0 aliphatic rings. The number of nitrogens with two attached hydrogens (primary N) is 1. The van der Waals surface area contributed by atoms with Gasteiger partial charge in [0.05, 0.1) is 5.75 Å².